The molecule has 0 spiro atoms. The van der Waals surface area contributed by atoms with Crippen molar-refractivity contribution in [3.63, 3.8) is 0 Å². The van der Waals surface area contributed by atoms with Gasteiger partial charge in [-0.15, -0.1) is 0 Å². The van der Waals surface area contributed by atoms with Crippen LogP contribution in [0.2, 0.25) is 10.0 Å². The molecule has 1 aromatic heterocycles. The molecule has 1 atom stereocenters. The van der Waals surface area contributed by atoms with Crippen molar-refractivity contribution < 1.29 is 4.74 Å². The third-order valence-corrected chi connectivity index (χ3v) is 3.93. The maximum Gasteiger partial charge on any atom is 0.149 e. The van der Waals surface area contributed by atoms with Crippen LogP contribution in [0.25, 0.3) is 0 Å². The first kappa shape index (κ1) is 14.7. The van der Waals surface area contributed by atoms with Crippen molar-refractivity contribution in [2.45, 2.75) is 12.8 Å². The van der Waals surface area contributed by atoms with Crippen LogP contribution in [0.1, 0.15) is 12.8 Å². The van der Waals surface area contributed by atoms with Gasteiger partial charge in [0.2, 0.25) is 0 Å². The quantitative estimate of drug-likeness (QED) is 0.926. The van der Waals surface area contributed by atoms with Gasteiger partial charge in [-0.25, -0.2) is 4.98 Å². The highest BCUT2D eigenvalue weighted by atomic mass is 35.5. The van der Waals surface area contributed by atoms with E-state index in [1.54, 1.807) is 20.2 Å². The van der Waals surface area contributed by atoms with Crippen LogP contribution in [-0.4, -0.2) is 38.8 Å². The van der Waals surface area contributed by atoms with E-state index in [4.69, 9.17) is 27.9 Å². The van der Waals surface area contributed by atoms with Gasteiger partial charge in [-0.05, 0) is 24.8 Å². The minimum absolute atomic E-state index is 0.533. The highest BCUT2D eigenvalue weighted by Crippen LogP contribution is 2.33. The molecule has 0 radical (unpaired) electrons. The third-order valence-electron chi connectivity index (χ3n) is 3.37. The van der Waals surface area contributed by atoms with Gasteiger partial charge in [0.05, 0.1) is 16.7 Å². The lowest BCUT2D eigenvalue weighted by Crippen LogP contribution is -2.37. The Hall–Kier alpha value is -0.710. The number of ether oxygens (including phenoxy) is 1. The minimum atomic E-state index is 0.533. The van der Waals surface area contributed by atoms with Gasteiger partial charge in [-0.3, -0.25) is 0 Å². The normalized spacial score (nSPS) is 19.6. The highest BCUT2D eigenvalue weighted by Gasteiger charge is 2.23. The largest absolute Gasteiger partial charge is 0.384 e. The molecule has 1 fully saturated rings. The number of methoxy groups -OCH3 is 1. The van der Waals surface area contributed by atoms with E-state index in [2.05, 4.69) is 15.2 Å². The SMILES string of the molecule is CNc1nc(N2CCCC(COC)C2)c(Cl)cc1Cl. The van der Waals surface area contributed by atoms with Crippen molar-refractivity contribution in [3.05, 3.63) is 16.1 Å². The summed E-state index contributed by atoms with van der Waals surface area (Å²) in [5.41, 5.74) is 0. The molecule has 106 valence electrons. The fourth-order valence-electron chi connectivity index (χ4n) is 2.48. The zero-order valence-corrected chi connectivity index (χ0v) is 12.8. The number of nitrogens with one attached hydrogen (secondary N) is 1. The van der Waals surface area contributed by atoms with Crippen LogP contribution in [0.4, 0.5) is 11.6 Å². The standard InChI is InChI=1S/C13H19Cl2N3O/c1-16-12-10(14)6-11(15)13(17-12)18-5-3-4-9(7-18)8-19-2/h6,9H,3-5,7-8H2,1-2H3,(H,16,17). The number of hydrogen-bond acceptors (Lipinski definition) is 4. The summed E-state index contributed by atoms with van der Waals surface area (Å²) in [7, 11) is 3.54. The Kier molecular flexibility index (Phi) is 5.13. The summed E-state index contributed by atoms with van der Waals surface area (Å²) in [6.45, 7) is 2.67. The molecule has 0 aromatic carbocycles. The van der Waals surface area contributed by atoms with Gasteiger partial charge in [-0.2, -0.15) is 0 Å². The monoisotopic (exact) mass is 303 g/mol. The van der Waals surface area contributed by atoms with Crippen molar-refractivity contribution in [2.75, 3.05) is 44.1 Å². The molecule has 0 bridgehead atoms. The topological polar surface area (TPSA) is 37.4 Å². The molecular weight excluding hydrogens is 285 g/mol. The second-order valence-corrected chi connectivity index (χ2v) is 5.60. The van der Waals surface area contributed by atoms with E-state index in [0.29, 0.717) is 21.8 Å². The van der Waals surface area contributed by atoms with Crippen molar-refractivity contribution in [3.8, 4) is 0 Å². The average Bonchev–Trinajstić information content (AvgIpc) is 2.39. The van der Waals surface area contributed by atoms with E-state index in [1.165, 1.54) is 6.42 Å². The molecule has 0 saturated carbocycles. The molecule has 19 heavy (non-hydrogen) atoms. The molecule has 2 rings (SSSR count). The second-order valence-electron chi connectivity index (χ2n) is 4.78. The Bertz CT molecular complexity index is 440. The predicted octanol–water partition coefficient (Wildman–Crippen LogP) is 3.29. The van der Waals surface area contributed by atoms with Crippen LogP contribution in [0.5, 0.6) is 0 Å². The first-order valence-electron chi connectivity index (χ1n) is 6.43. The Morgan fingerprint density at radius 3 is 2.95 bits per heavy atom. The van der Waals surface area contributed by atoms with Gasteiger partial charge in [0.1, 0.15) is 11.6 Å². The molecule has 6 heteroatoms. The number of hydrogen-bond donors (Lipinski definition) is 1. The number of pyridine rings is 1. The molecule has 1 saturated heterocycles. The lowest BCUT2D eigenvalue weighted by molar-refractivity contribution is 0.143. The summed E-state index contributed by atoms with van der Waals surface area (Å²) < 4.78 is 5.25. The lowest BCUT2D eigenvalue weighted by Gasteiger charge is -2.34. The molecule has 0 amide bonds. The minimum Gasteiger partial charge on any atom is -0.384 e. The highest BCUT2D eigenvalue weighted by molar-refractivity contribution is 6.37. The first-order chi connectivity index (χ1) is 9.15. The number of anilines is 2. The number of piperidine rings is 1. The first-order valence-corrected chi connectivity index (χ1v) is 7.19. The van der Waals surface area contributed by atoms with Crippen LogP contribution in [0.15, 0.2) is 6.07 Å². The predicted molar refractivity (Wildman–Crippen MR) is 80.6 cm³/mol. The summed E-state index contributed by atoms with van der Waals surface area (Å²) >= 11 is 12.3. The summed E-state index contributed by atoms with van der Waals surface area (Å²) in [4.78, 5) is 6.73. The zero-order chi connectivity index (χ0) is 13.8. The van der Waals surface area contributed by atoms with Gasteiger partial charge in [0.25, 0.3) is 0 Å². The maximum atomic E-state index is 6.27. The van der Waals surface area contributed by atoms with Crippen LogP contribution in [-0.2, 0) is 4.74 Å². The second kappa shape index (κ2) is 6.64. The molecule has 1 aromatic rings. The summed E-state index contributed by atoms with van der Waals surface area (Å²) in [6.07, 6.45) is 2.32. The van der Waals surface area contributed by atoms with Crippen molar-refractivity contribution in [1.82, 2.24) is 4.98 Å². The summed E-state index contributed by atoms with van der Waals surface area (Å²) in [5, 5.41) is 4.13. The van der Waals surface area contributed by atoms with E-state index < -0.39 is 0 Å². The molecule has 1 unspecified atom stereocenters. The van der Waals surface area contributed by atoms with E-state index >= 15 is 0 Å². The van der Waals surface area contributed by atoms with Gasteiger partial charge in [0, 0.05) is 27.2 Å². The molecule has 4 nitrogen and oxygen atoms in total. The van der Waals surface area contributed by atoms with Crippen molar-refractivity contribution in [1.29, 1.82) is 0 Å². The number of halogens is 2. The molecule has 1 aliphatic heterocycles. The number of nitrogens with zero attached hydrogens (tertiary/aromatic N) is 2. The van der Waals surface area contributed by atoms with Crippen LogP contribution in [0.3, 0.4) is 0 Å². The van der Waals surface area contributed by atoms with E-state index in [-0.39, 0.29) is 0 Å². The zero-order valence-electron chi connectivity index (χ0n) is 11.2. The number of rotatable bonds is 4. The van der Waals surface area contributed by atoms with Crippen LogP contribution < -0.4 is 10.2 Å². The number of aromatic nitrogens is 1. The molecule has 2 heterocycles. The van der Waals surface area contributed by atoms with Gasteiger partial charge < -0.3 is 15.0 Å². The van der Waals surface area contributed by atoms with Crippen molar-refractivity contribution >= 4 is 34.8 Å². The van der Waals surface area contributed by atoms with Crippen LogP contribution in [0, 0.1) is 5.92 Å². The summed E-state index contributed by atoms with van der Waals surface area (Å²) in [6, 6.07) is 1.75. The lowest BCUT2D eigenvalue weighted by atomic mass is 9.99. The van der Waals surface area contributed by atoms with E-state index in [9.17, 15) is 0 Å². The Balaban J connectivity index is 2.20. The molecule has 1 N–H and O–H groups in total. The van der Waals surface area contributed by atoms with E-state index in [0.717, 1.165) is 31.9 Å². The van der Waals surface area contributed by atoms with E-state index in [1.807, 2.05) is 0 Å². The van der Waals surface area contributed by atoms with Gasteiger partial charge in [-0.1, -0.05) is 23.2 Å². The van der Waals surface area contributed by atoms with Gasteiger partial charge in [0.15, 0.2) is 0 Å². The fraction of sp³-hybridized carbons (Fsp3) is 0.615. The smallest absolute Gasteiger partial charge is 0.149 e. The molecular formula is C13H19Cl2N3O. The van der Waals surface area contributed by atoms with Crippen molar-refractivity contribution in [2.24, 2.45) is 5.92 Å². The molecule has 0 aliphatic carbocycles. The Morgan fingerprint density at radius 1 is 1.47 bits per heavy atom. The average molecular weight is 304 g/mol. The Labute approximate surface area is 124 Å². The maximum absolute atomic E-state index is 6.27. The van der Waals surface area contributed by atoms with Gasteiger partial charge >= 0.3 is 0 Å². The Morgan fingerprint density at radius 2 is 2.26 bits per heavy atom. The molecule has 1 aliphatic rings. The third kappa shape index (κ3) is 3.44. The fourth-order valence-corrected chi connectivity index (χ4v) is 3.06. The van der Waals surface area contributed by atoms with Crippen LogP contribution >= 0.6 is 23.2 Å². The summed E-state index contributed by atoms with van der Waals surface area (Å²) in [5.74, 6) is 2.00.